The fourth-order valence-corrected chi connectivity index (χ4v) is 4.79. The Hall–Kier alpha value is -2.25. The van der Waals surface area contributed by atoms with Crippen LogP contribution in [0.3, 0.4) is 0 Å². The first-order valence-corrected chi connectivity index (χ1v) is 10.7. The maximum atomic E-state index is 12.5. The number of ether oxygens (including phenoxy) is 1. The van der Waals surface area contributed by atoms with Crippen molar-refractivity contribution in [3.05, 3.63) is 44.9 Å². The lowest BCUT2D eigenvalue weighted by Crippen LogP contribution is -2.28. The van der Waals surface area contributed by atoms with Crippen molar-refractivity contribution in [1.82, 2.24) is 10.3 Å². The molecular formula is C21H25N3O3S. The van der Waals surface area contributed by atoms with Crippen molar-refractivity contribution >= 4 is 28.8 Å². The standard InChI is InChI=1S/C21H25N3O3S/c1-13-7-8-14(12-16(13)24-21(26)17-5-3-11-27-17)20(25)22-10-9-19-23-15-4-2-6-18(15)28-19/h7-8,12,17H,2-6,9-11H2,1H3,(H,22,25)(H,24,26)/t17-/m0/s1. The van der Waals surface area contributed by atoms with Crippen molar-refractivity contribution < 1.29 is 14.3 Å². The molecule has 7 heteroatoms. The molecule has 1 aromatic heterocycles. The number of carbonyl (C=O) groups is 2. The normalized spacial score (nSPS) is 18.1. The second-order valence-electron chi connectivity index (χ2n) is 7.36. The fourth-order valence-electron chi connectivity index (χ4n) is 3.63. The highest BCUT2D eigenvalue weighted by atomic mass is 32.1. The number of thiazole rings is 1. The topological polar surface area (TPSA) is 80.3 Å². The fraction of sp³-hybridized carbons (Fsp3) is 0.476. The third kappa shape index (κ3) is 4.25. The third-order valence-corrected chi connectivity index (χ3v) is 6.46. The number of anilines is 1. The SMILES string of the molecule is Cc1ccc(C(=O)NCCc2nc3c(s2)CCC3)cc1NC(=O)[C@@H]1CCCO1. The monoisotopic (exact) mass is 399 g/mol. The molecule has 4 rings (SSSR count). The van der Waals surface area contributed by atoms with Gasteiger partial charge in [-0.3, -0.25) is 9.59 Å². The molecule has 0 spiro atoms. The van der Waals surface area contributed by atoms with Crippen LogP contribution in [0.1, 0.15) is 50.8 Å². The summed E-state index contributed by atoms with van der Waals surface area (Å²) in [4.78, 5) is 30.9. The van der Waals surface area contributed by atoms with E-state index in [0.29, 0.717) is 24.4 Å². The molecule has 0 unspecified atom stereocenters. The van der Waals surface area contributed by atoms with E-state index in [9.17, 15) is 9.59 Å². The Bertz CT molecular complexity index is 866. The number of amides is 2. The average Bonchev–Trinajstić information content (AvgIpc) is 3.40. The molecule has 6 nitrogen and oxygen atoms in total. The summed E-state index contributed by atoms with van der Waals surface area (Å²) in [5, 5.41) is 6.95. The first-order valence-electron chi connectivity index (χ1n) is 9.89. The van der Waals surface area contributed by atoms with Crippen LogP contribution >= 0.6 is 11.3 Å². The molecule has 0 bridgehead atoms. The van der Waals surface area contributed by atoms with E-state index >= 15 is 0 Å². The quantitative estimate of drug-likeness (QED) is 0.782. The molecule has 0 saturated carbocycles. The van der Waals surface area contributed by atoms with E-state index in [0.717, 1.165) is 42.7 Å². The van der Waals surface area contributed by atoms with E-state index in [4.69, 9.17) is 4.74 Å². The predicted molar refractivity (Wildman–Crippen MR) is 109 cm³/mol. The second-order valence-corrected chi connectivity index (χ2v) is 8.53. The van der Waals surface area contributed by atoms with Gasteiger partial charge in [0.1, 0.15) is 6.10 Å². The molecular weight excluding hydrogens is 374 g/mol. The number of nitrogens with one attached hydrogen (secondary N) is 2. The summed E-state index contributed by atoms with van der Waals surface area (Å²) in [6.07, 6.45) is 5.44. The van der Waals surface area contributed by atoms with Crippen LogP contribution in [-0.4, -0.2) is 36.1 Å². The van der Waals surface area contributed by atoms with Crippen LogP contribution in [0.5, 0.6) is 0 Å². The zero-order valence-corrected chi connectivity index (χ0v) is 16.9. The number of carbonyl (C=O) groups excluding carboxylic acids is 2. The molecule has 1 aliphatic carbocycles. The molecule has 2 aliphatic rings. The molecule has 1 atom stereocenters. The van der Waals surface area contributed by atoms with Gasteiger partial charge in [-0.05, 0) is 56.7 Å². The van der Waals surface area contributed by atoms with Crippen LogP contribution in [0.4, 0.5) is 5.69 Å². The van der Waals surface area contributed by atoms with Crippen molar-refractivity contribution in [3.8, 4) is 0 Å². The predicted octanol–water partition coefficient (Wildman–Crippen LogP) is 3.03. The van der Waals surface area contributed by atoms with Gasteiger partial charge in [-0.2, -0.15) is 0 Å². The Labute approximate surface area is 168 Å². The Morgan fingerprint density at radius 1 is 1.29 bits per heavy atom. The molecule has 1 aromatic carbocycles. The van der Waals surface area contributed by atoms with Gasteiger partial charge >= 0.3 is 0 Å². The Kier molecular flexibility index (Phi) is 5.73. The molecule has 0 radical (unpaired) electrons. The summed E-state index contributed by atoms with van der Waals surface area (Å²) in [7, 11) is 0. The summed E-state index contributed by atoms with van der Waals surface area (Å²) in [5.41, 5.74) is 3.36. The van der Waals surface area contributed by atoms with Gasteiger partial charge in [-0.25, -0.2) is 4.98 Å². The summed E-state index contributed by atoms with van der Waals surface area (Å²) in [6, 6.07) is 5.37. The van der Waals surface area contributed by atoms with Crippen LogP contribution < -0.4 is 10.6 Å². The van der Waals surface area contributed by atoms with Crippen LogP contribution in [0, 0.1) is 6.92 Å². The van der Waals surface area contributed by atoms with Crippen LogP contribution in [0.15, 0.2) is 18.2 Å². The number of aryl methyl sites for hydroxylation is 3. The highest BCUT2D eigenvalue weighted by Crippen LogP contribution is 2.27. The van der Waals surface area contributed by atoms with E-state index in [1.807, 2.05) is 13.0 Å². The van der Waals surface area contributed by atoms with Crippen molar-refractivity contribution in [2.75, 3.05) is 18.5 Å². The van der Waals surface area contributed by atoms with Gasteiger partial charge < -0.3 is 15.4 Å². The van der Waals surface area contributed by atoms with E-state index < -0.39 is 6.10 Å². The number of nitrogens with zero attached hydrogens (tertiary/aromatic N) is 1. The highest BCUT2D eigenvalue weighted by molar-refractivity contribution is 7.11. The smallest absolute Gasteiger partial charge is 0.253 e. The molecule has 28 heavy (non-hydrogen) atoms. The summed E-state index contributed by atoms with van der Waals surface area (Å²) in [5.74, 6) is -0.285. The van der Waals surface area contributed by atoms with Crippen molar-refractivity contribution in [1.29, 1.82) is 0 Å². The highest BCUT2D eigenvalue weighted by Gasteiger charge is 2.24. The van der Waals surface area contributed by atoms with E-state index in [2.05, 4.69) is 15.6 Å². The second kappa shape index (κ2) is 8.41. The first kappa shape index (κ1) is 19.1. The average molecular weight is 400 g/mol. The molecule has 1 saturated heterocycles. The lowest BCUT2D eigenvalue weighted by Gasteiger charge is -2.13. The largest absolute Gasteiger partial charge is 0.368 e. The minimum Gasteiger partial charge on any atom is -0.368 e. The molecule has 148 valence electrons. The lowest BCUT2D eigenvalue weighted by molar-refractivity contribution is -0.124. The minimum absolute atomic E-state index is 0.142. The molecule has 2 heterocycles. The number of hydrogen-bond donors (Lipinski definition) is 2. The maximum absolute atomic E-state index is 12.5. The van der Waals surface area contributed by atoms with Gasteiger partial charge in [0, 0.05) is 35.7 Å². The number of hydrogen-bond acceptors (Lipinski definition) is 5. The van der Waals surface area contributed by atoms with Crippen molar-refractivity contribution in [3.63, 3.8) is 0 Å². The first-order chi connectivity index (χ1) is 13.6. The zero-order valence-electron chi connectivity index (χ0n) is 16.0. The summed E-state index contributed by atoms with van der Waals surface area (Å²) < 4.78 is 5.43. The molecule has 1 aliphatic heterocycles. The maximum Gasteiger partial charge on any atom is 0.253 e. The van der Waals surface area contributed by atoms with E-state index in [1.165, 1.54) is 17.0 Å². The van der Waals surface area contributed by atoms with E-state index in [-0.39, 0.29) is 11.8 Å². The van der Waals surface area contributed by atoms with Gasteiger partial charge in [0.15, 0.2) is 0 Å². The number of aromatic nitrogens is 1. The molecule has 2 amide bonds. The number of rotatable bonds is 6. The minimum atomic E-state index is -0.392. The Morgan fingerprint density at radius 3 is 2.96 bits per heavy atom. The van der Waals surface area contributed by atoms with E-state index in [1.54, 1.807) is 23.5 Å². The molecule has 2 N–H and O–H groups in total. The lowest BCUT2D eigenvalue weighted by atomic mass is 10.1. The molecule has 2 aromatic rings. The van der Waals surface area contributed by atoms with Crippen LogP contribution in [0.2, 0.25) is 0 Å². The Morgan fingerprint density at radius 2 is 2.18 bits per heavy atom. The van der Waals surface area contributed by atoms with Gasteiger partial charge in [0.2, 0.25) is 0 Å². The number of fused-ring (bicyclic) bond motifs is 1. The summed E-state index contributed by atoms with van der Waals surface area (Å²) in [6.45, 7) is 3.09. The van der Waals surface area contributed by atoms with Crippen LogP contribution in [-0.2, 0) is 28.8 Å². The molecule has 1 fully saturated rings. The Balaban J connectivity index is 1.33. The number of benzene rings is 1. The van der Waals surface area contributed by atoms with Gasteiger partial charge in [-0.1, -0.05) is 6.07 Å². The van der Waals surface area contributed by atoms with Gasteiger partial charge in [0.25, 0.3) is 11.8 Å². The van der Waals surface area contributed by atoms with Gasteiger partial charge in [-0.15, -0.1) is 11.3 Å². The summed E-state index contributed by atoms with van der Waals surface area (Å²) >= 11 is 1.77. The zero-order chi connectivity index (χ0) is 19.5. The van der Waals surface area contributed by atoms with Gasteiger partial charge in [0.05, 0.1) is 10.7 Å². The van der Waals surface area contributed by atoms with Crippen LogP contribution in [0.25, 0.3) is 0 Å². The third-order valence-electron chi connectivity index (χ3n) is 5.24. The van der Waals surface area contributed by atoms with Crippen molar-refractivity contribution in [2.45, 2.75) is 51.6 Å². The van der Waals surface area contributed by atoms with Crippen molar-refractivity contribution in [2.24, 2.45) is 0 Å².